The van der Waals surface area contributed by atoms with Gasteiger partial charge in [-0.15, -0.1) is 0 Å². The lowest BCUT2D eigenvalue weighted by atomic mass is 9.78. The van der Waals surface area contributed by atoms with Gasteiger partial charge in [-0.2, -0.15) is 0 Å². The Morgan fingerprint density at radius 1 is 0.861 bits per heavy atom. The minimum absolute atomic E-state index is 0.00845. The molecule has 0 radical (unpaired) electrons. The highest BCUT2D eigenvalue weighted by Gasteiger charge is 2.53. The van der Waals surface area contributed by atoms with Gasteiger partial charge in [-0.3, -0.25) is 23.7 Å². The molecule has 408 valence electrons. The van der Waals surface area contributed by atoms with Gasteiger partial charge < -0.3 is 47.8 Å². The number of carbonyl (C=O) groups is 5. The van der Waals surface area contributed by atoms with Gasteiger partial charge in [0.2, 0.25) is 5.79 Å². The first kappa shape index (κ1) is 61.4. The minimum atomic E-state index is -3.37. The van der Waals surface area contributed by atoms with Gasteiger partial charge in [0, 0.05) is 65.1 Å². The lowest BCUT2D eigenvalue weighted by Gasteiger charge is -2.42. The molecule has 2 N–H and O–H groups in total. The molecule has 2 saturated heterocycles. The number of methoxy groups -OCH3 is 3. The molecule has 0 aromatic heterocycles. The van der Waals surface area contributed by atoms with Crippen molar-refractivity contribution in [1.82, 2.24) is 4.90 Å². The number of fused-ring (bicyclic) bond motifs is 3. The summed E-state index contributed by atoms with van der Waals surface area (Å²) in [4.78, 5) is 72.4. The van der Waals surface area contributed by atoms with Gasteiger partial charge in [0.15, 0.2) is 11.6 Å². The molecule has 0 spiro atoms. The average molecular weight is 1030 g/mol. The Morgan fingerprint density at radius 3 is 2.22 bits per heavy atom. The Balaban J connectivity index is 1.70. The number of allylic oxidation sites excluding steroid dienone is 6. The number of esters is 1. The van der Waals surface area contributed by atoms with Gasteiger partial charge in [-0.25, -0.2) is 4.79 Å². The summed E-state index contributed by atoms with van der Waals surface area (Å²) in [7, 11) is 1.16. The largest absolute Gasteiger partial charge is 0.460 e. The van der Waals surface area contributed by atoms with Crippen molar-refractivity contribution in [2.75, 3.05) is 34.5 Å². The van der Waals surface area contributed by atoms with Gasteiger partial charge in [0.1, 0.15) is 18.2 Å². The first-order chi connectivity index (χ1) is 33.9. The highest BCUT2D eigenvalue weighted by Crippen LogP contribution is 2.49. The van der Waals surface area contributed by atoms with Crippen molar-refractivity contribution in [3.8, 4) is 0 Å². The van der Waals surface area contributed by atoms with Crippen molar-refractivity contribution in [2.45, 2.75) is 200 Å². The molecule has 1 amide bonds. The number of ether oxygens (including phenoxy) is 5. The molecule has 1 saturated carbocycles. The predicted molar refractivity (Wildman–Crippen MR) is 274 cm³/mol. The van der Waals surface area contributed by atoms with Crippen molar-refractivity contribution in [3.05, 3.63) is 47.6 Å². The fourth-order valence-corrected chi connectivity index (χ4v) is 12.4. The van der Waals surface area contributed by atoms with Crippen LogP contribution in [0.3, 0.4) is 0 Å². The van der Waals surface area contributed by atoms with E-state index in [9.17, 15) is 38.8 Å². The second-order valence-corrected chi connectivity index (χ2v) is 23.6. The highest BCUT2D eigenvalue weighted by atomic mass is 31.2. The van der Waals surface area contributed by atoms with E-state index in [1.165, 1.54) is 18.7 Å². The second kappa shape index (κ2) is 28.1. The SMILES string of the molecule is CO[C@H]1C[C@@H]2CC[C@@H](C)[C@@](O)(O2)C(=O)C(=O)N2CCCC[C@H]2C(=O)OC([C@H](C)C[C@@H]2CC[C@@H](OP(C)(=O)OC(C)C)[C@H](OC)C2)CC(=O)C(C)=CC(C)[C@@H](O)[C@@H](OC)C(=O)[C@H](C)C[C@H](C)C=CC=CC=C1C. The highest BCUT2D eigenvalue weighted by molar-refractivity contribution is 7.53. The number of aliphatic hydroxyl groups excluding tert-OH is 1. The molecule has 16 nitrogen and oxygen atoms in total. The summed E-state index contributed by atoms with van der Waals surface area (Å²) in [5.41, 5.74) is 1.16. The molecule has 3 heterocycles. The predicted octanol–water partition coefficient (Wildman–Crippen LogP) is 8.45. The zero-order valence-electron chi connectivity index (χ0n) is 45.4. The van der Waals surface area contributed by atoms with Crippen LogP contribution < -0.4 is 0 Å². The zero-order chi connectivity index (χ0) is 53.7. The maximum atomic E-state index is 14.5. The number of hydrogen-bond acceptors (Lipinski definition) is 15. The van der Waals surface area contributed by atoms with Crippen LogP contribution in [0.5, 0.6) is 0 Å². The third kappa shape index (κ3) is 16.9. The van der Waals surface area contributed by atoms with Crippen molar-refractivity contribution < 1.29 is 71.5 Å². The number of cyclic esters (lactones) is 1. The number of carbonyl (C=O) groups excluding carboxylic acids is 5. The number of nitrogens with zero attached hydrogens (tertiary/aromatic N) is 1. The van der Waals surface area contributed by atoms with Crippen LogP contribution >= 0.6 is 7.60 Å². The third-order valence-corrected chi connectivity index (χ3v) is 16.7. The van der Waals surface area contributed by atoms with Crippen molar-refractivity contribution in [3.63, 3.8) is 0 Å². The Bertz CT molecular complexity index is 2020. The van der Waals surface area contributed by atoms with E-state index in [0.717, 1.165) is 5.57 Å². The quantitative estimate of drug-likeness (QED) is 0.119. The Kier molecular flexibility index (Phi) is 23.9. The van der Waals surface area contributed by atoms with Crippen molar-refractivity contribution >= 4 is 36.8 Å². The van der Waals surface area contributed by atoms with Gasteiger partial charge in [0.25, 0.3) is 11.7 Å². The molecule has 3 aliphatic heterocycles. The van der Waals surface area contributed by atoms with Crippen LogP contribution in [-0.2, 0) is 61.3 Å². The molecule has 3 unspecified atom stereocenters. The second-order valence-electron chi connectivity index (χ2n) is 21.6. The summed E-state index contributed by atoms with van der Waals surface area (Å²) in [5, 5.41) is 23.5. The van der Waals surface area contributed by atoms with Gasteiger partial charge in [-0.05, 0) is 121 Å². The Hall–Kier alpha value is -3.18. The average Bonchev–Trinajstić information content (AvgIpc) is 3.32. The molecule has 17 heteroatoms. The first-order valence-electron chi connectivity index (χ1n) is 26.3. The Labute approximate surface area is 429 Å². The number of ketones is 3. The van der Waals surface area contributed by atoms with Crippen LogP contribution in [0.25, 0.3) is 0 Å². The lowest BCUT2D eigenvalue weighted by molar-refractivity contribution is -0.265. The van der Waals surface area contributed by atoms with Crippen LogP contribution in [0.4, 0.5) is 0 Å². The molecule has 72 heavy (non-hydrogen) atoms. The molecular weight excluding hydrogens is 946 g/mol. The zero-order valence-corrected chi connectivity index (χ0v) is 46.3. The number of Topliss-reactive ketones (excluding diaryl/α,β-unsaturated/α-hetero) is 3. The van der Waals surface area contributed by atoms with Gasteiger partial charge in [0.05, 0.1) is 36.6 Å². The van der Waals surface area contributed by atoms with Crippen molar-refractivity contribution in [1.29, 1.82) is 0 Å². The van der Waals surface area contributed by atoms with E-state index < -0.39 is 103 Å². The first-order valence-corrected chi connectivity index (χ1v) is 28.3. The fourth-order valence-electron chi connectivity index (χ4n) is 10.9. The van der Waals surface area contributed by atoms with E-state index >= 15 is 0 Å². The van der Waals surface area contributed by atoms with E-state index in [-0.39, 0.29) is 48.9 Å². The number of hydrogen-bond donors (Lipinski definition) is 2. The fraction of sp³-hybridized carbons (Fsp3) is 0.764. The topological polar surface area (TPSA) is 211 Å². The summed E-state index contributed by atoms with van der Waals surface area (Å²) >= 11 is 0. The molecule has 4 aliphatic rings. The minimum Gasteiger partial charge on any atom is -0.460 e. The molecule has 0 aromatic carbocycles. The van der Waals surface area contributed by atoms with E-state index in [0.29, 0.717) is 69.8 Å². The van der Waals surface area contributed by atoms with Gasteiger partial charge in [-0.1, -0.05) is 71.1 Å². The number of piperidine rings is 1. The number of rotatable bonds is 10. The number of aliphatic hydroxyl groups is 2. The summed E-state index contributed by atoms with van der Waals surface area (Å²) in [6.07, 6.45) is 10.5. The normalized spacial score (nSPS) is 36.3. The number of amides is 1. The lowest BCUT2D eigenvalue weighted by Crippen LogP contribution is -2.61. The van der Waals surface area contributed by atoms with E-state index in [1.807, 2.05) is 58.1 Å². The molecule has 1 aliphatic carbocycles. The van der Waals surface area contributed by atoms with E-state index in [4.69, 9.17) is 32.7 Å². The van der Waals surface area contributed by atoms with Gasteiger partial charge >= 0.3 is 13.6 Å². The molecule has 2 bridgehead atoms. The monoisotopic (exact) mass is 1030 g/mol. The molecule has 3 fully saturated rings. The molecule has 0 aromatic rings. The molecule has 16 atom stereocenters. The Morgan fingerprint density at radius 2 is 1.57 bits per heavy atom. The van der Waals surface area contributed by atoms with E-state index in [1.54, 1.807) is 54.9 Å². The van der Waals surface area contributed by atoms with Crippen LogP contribution in [0.15, 0.2) is 47.6 Å². The van der Waals surface area contributed by atoms with E-state index in [2.05, 4.69) is 0 Å². The maximum absolute atomic E-state index is 14.5. The third-order valence-electron chi connectivity index (χ3n) is 15.2. The standard InChI is InChI=1S/C55H88NO15P/c1-33(2)70-72(13,64)71-45-25-23-41(30-48(45)66-11)29-37(6)47-32-44(57)36(5)28-39(8)50(59)51(67-12)49(58)38(7)27-34(3)19-15-14-16-20-35(4)46(65-10)31-42-24-22-40(9)55(63,69-42)52(60)53(61)56-26-18-17-21-43(56)54(62)68-47/h14-16,19-20,28,33-34,37-43,45-48,50-51,59,63H,17-18,21-27,29-32H2,1-13H3/t34-,37-,38-,39?,40-,41+,42+,43+,45-,46+,47?,48-,50-,51+,55-,72?/m1/s1. The van der Waals surface area contributed by atoms with Crippen LogP contribution in [-0.4, -0.2) is 140 Å². The van der Waals surface area contributed by atoms with Crippen LogP contribution in [0.2, 0.25) is 0 Å². The summed E-state index contributed by atoms with van der Waals surface area (Å²) < 4.78 is 54.6. The molecular formula is C55H88NO15P. The smallest absolute Gasteiger partial charge is 0.329 e. The molecule has 4 rings (SSSR count). The van der Waals surface area contributed by atoms with Crippen molar-refractivity contribution in [2.24, 2.45) is 35.5 Å². The summed E-state index contributed by atoms with van der Waals surface area (Å²) in [6.45, 7) is 17.7. The maximum Gasteiger partial charge on any atom is 0.329 e. The summed E-state index contributed by atoms with van der Waals surface area (Å²) in [5.74, 6) is -8.24. The van der Waals surface area contributed by atoms with Crippen LogP contribution in [0.1, 0.15) is 139 Å². The van der Waals surface area contributed by atoms with Crippen LogP contribution in [0, 0.1) is 35.5 Å². The summed E-state index contributed by atoms with van der Waals surface area (Å²) in [6, 6.07) is -1.17.